The summed E-state index contributed by atoms with van der Waals surface area (Å²) in [7, 11) is 3.02. The highest BCUT2D eigenvalue weighted by molar-refractivity contribution is 5.69. The molecule has 2 aromatic heterocycles. The fraction of sp³-hybridized carbons (Fsp3) is 0.455. The lowest BCUT2D eigenvalue weighted by Gasteiger charge is -2.05. The minimum absolute atomic E-state index is 0.359. The number of imidazole rings is 1. The number of aryl methyl sites for hydroxylation is 2. The Balaban J connectivity index is 2.63. The van der Waals surface area contributed by atoms with Crippen molar-refractivity contribution < 1.29 is 0 Å². The van der Waals surface area contributed by atoms with Crippen molar-refractivity contribution in [3.8, 4) is 6.07 Å². The maximum absolute atomic E-state index is 12.0. The highest BCUT2D eigenvalue weighted by atomic mass is 16.2. The first-order chi connectivity index (χ1) is 8.57. The van der Waals surface area contributed by atoms with Crippen molar-refractivity contribution in [3.05, 3.63) is 27.2 Å². The minimum atomic E-state index is -0.394. The summed E-state index contributed by atoms with van der Waals surface area (Å²) in [4.78, 5) is 27.8. The third-order valence-corrected chi connectivity index (χ3v) is 2.90. The summed E-state index contributed by atoms with van der Waals surface area (Å²) in [5, 5.41) is 8.50. The third-order valence-electron chi connectivity index (χ3n) is 2.90. The molecule has 2 rings (SSSR count). The van der Waals surface area contributed by atoms with Crippen molar-refractivity contribution in [2.24, 2.45) is 14.1 Å². The van der Waals surface area contributed by atoms with Gasteiger partial charge in [0.1, 0.15) is 0 Å². The van der Waals surface area contributed by atoms with E-state index in [2.05, 4.69) is 11.1 Å². The molecule has 0 aliphatic rings. The molecule has 18 heavy (non-hydrogen) atoms. The predicted octanol–water partition coefficient (Wildman–Crippen LogP) is -0.263. The third kappa shape index (κ3) is 1.72. The van der Waals surface area contributed by atoms with Crippen molar-refractivity contribution in [1.29, 1.82) is 5.26 Å². The molecule has 0 aromatic carbocycles. The molecule has 0 N–H and O–H groups in total. The second kappa shape index (κ2) is 4.49. The molecule has 0 bridgehead atoms. The van der Waals surface area contributed by atoms with Crippen molar-refractivity contribution in [3.63, 3.8) is 0 Å². The van der Waals surface area contributed by atoms with Crippen LogP contribution in [0.3, 0.4) is 0 Å². The summed E-state index contributed by atoms with van der Waals surface area (Å²) in [5.41, 5.74) is 0.0231. The quantitative estimate of drug-likeness (QED) is 0.699. The van der Waals surface area contributed by atoms with Gasteiger partial charge in [-0.2, -0.15) is 5.26 Å². The van der Waals surface area contributed by atoms with E-state index >= 15 is 0 Å². The number of aromatic nitrogens is 4. The van der Waals surface area contributed by atoms with Gasteiger partial charge in [0.2, 0.25) is 0 Å². The molecule has 0 spiro atoms. The van der Waals surface area contributed by atoms with Gasteiger partial charge in [0, 0.05) is 27.1 Å². The van der Waals surface area contributed by atoms with Gasteiger partial charge in [-0.3, -0.25) is 13.9 Å². The lowest BCUT2D eigenvalue weighted by atomic mass is 10.3. The molecule has 94 valence electrons. The Hall–Kier alpha value is -2.36. The van der Waals surface area contributed by atoms with Gasteiger partial charge in [0.05, 0.1) is 12.4 Å². The summed E-state index contributed by atoms with van der Waals surface area (Å²) in [6.45, 7) is 0.539. The van der Waals surface area contributed by atoms with Crippen LogP contribution >= 0.6 is 0 Å². The van der Waals surface area contributed by atoms with E-state index in [0.717, 1.165) is 4.57 Å². The van der Waals surface area contributed by atoms with Crippen LogP contribution in [0.15, 0.2) is 15.9 Å². The van der Waals surface area contributed by atoms with Crippen LogP contribution in [0.2, 0.25) is 0 Å². The number of nitrogens with zero attached hydrogens (tertiary/aromatic N) is 5. The van der Waals surface area contributed by atoms with Crippen LogP contribution in [-0.4, -0.2) is 18.7 Å². The molecule has 0 saturated heterocycles. The number of nitriles is 1. The molecule has 0 atom stereocenters. The van der Waals surface area contributed by atoms with Gasteiger partial charge in [-0.1, -0.05) is 0 Å². The number of unbranched alkanes of at least 4 members (excludes halogenated alkanes) is 1. The molecule has 2 heterocycles. The minimum Gasteiger partial charge on any atom is -0.325 e. The van der Waals surface area contributed by atoms with E-state index in [4.69, 9.17) is 5.26 Å². The molecule has 0 radical (unpaired) electrons. The molecular weight excluding hydrogens is 234 g/mol. The SMILES string of the molecule is Cn1c(=O)c2c(ncn2CCCC#N)n(C)c1=O. The monoisotopic (exact) mass is 247 g/mol. The lowest BCUT2D eigenvalue weighted by Crippen LogP contribution is -2.37. The first kappa shape index (κ1) is 12.1. The average Bonchev–Trinajstić information content (AvgIpc) is 2.78. The molecule has 0 aliphatic carbocycles. The molecule has 2 aromatic rings. The molecule has 7 heteroatoms. The maximum atomic E-state index is 12.0. The molecule has 7 nitrogen and oxygen atoms in total. The van der Waals surface area contributed by atoms with E-state index < -0.39 is 5.69 Å². The van der Waals surface area contributed by atoms with Crippen LogP contribution < -0.4 is 11.2 Å². The number of hydrogen-bond acceptors (Lipinski definition) is 4. The second-order valence-electron chi connectivity index (χ2n) is 4.08. The number of fused-ring (bicyclic) bond motifs is 1. The predicted molar refractivity (Wildman–Crippen MR) is 65.1 cm³/mol. The van der Waals surface area contributed by atoms with Crippen molar-refractivity contribution in [1.82, 2.24) is 18.7 Å². The zero-order chi connectivity index (χ0) is 13.3. The van der Waals surface area contributed by atoms with Gasteiger partial charge in [-0.25, -0.2) is 9.78 Å². The first-order valence-electron chi connectivity index (χ1n) is 5.55. The summed E-state index contributed by atoms with van der Waals surface area (Å²) in [5.74, 6) is 0. The highest BCUT2D eigenvalue weighted by Gasteiger charge is 2.13. The van der Waals surface area contributed by atoms with Crippen LogP contribution in [0.4, 0.5) is 0 Å². The maximum Gasteiger partial charge on any atom is 0.332 e. The topological polar surface area (TPSA) is 85.6 Å². The Bertz CT molecular complexity index is 744. The molecule has 0 amide bonds. The van der Waals surface area contributed by atoms with Gasteiger partial charge in [0.25, 0.3) is 5.56 Å². The van der Waals surface area contributed by atoms with Crippen LogP contribution in [-0.2, 0) is 20.6 Å². The van der Waals surface area contributed by atoms with Gasteiger partial charge < -0.3 is 4.57 Å². The average molecular weight is 247 g/mol. The highest BCUT2D eigenvalue weighted by Crippen LogP contribution is 2.06. The van der Waals surface area contributed by atoms with Crippen LogP contribution in [0.25, 0.3) is 11.2 Å². The molecule has 0 fully saturated rings. The van der Waals surface area contributed by atoms with E-state index in [1.54, 1.807) is 11.6 Å². The van der Waals surface area contributed by atoms with Crippen LogP contribution in [0, 0.1) is 11.3 Å². The normalized spacial score (nSPS) is 10.7. The van der Waals surface area contributed by atoms with E-state index in [0.29, 0.717) is 30.6 Å². The Morgan fingerprint density at radius 1 is 1.33 bits per heavy atom. The van der Waals surface area contributed by atoms with E-state index in [9.17, 15) is 9.59 Å². The Morgan fingerprint density at radius 3 is 2.72 bits per heavy atom. The van der Waals surface area contributed by atoms with Gasteiger partial charge in [-0.05, 0) is 6.42 Å². The van der Waals surface area contributed by atoms with Gasteiger partial charge >= 0.3 is 5.69 Å². The zero-order valence-electron chi connectivity index (χ0n) is 10.3. The fourth-order valence-electron chi connectivity index (χ4n) is 1.89. The van der Waals surface area contributed by atoms with E-state index in [-0.39, 0.29) is 5.56 Å². The lowest BCUT2D eigenvalue weighted by molar-refractivity contribution is 0.657. The second-order valence-corrected chi connectivity index (χ2v) is 4.08. The van der Waals surface area contributed by atoms with E-state index in [1.165, 1.54) is 17.9 Å². The molecule has 0 unspecified atom stereocenters. The largest absolute Gasteiger partial charge is 0.332 e. The Labute approximate surface area is 103 Å². The van der Waals surface area contributed by atoms with E-state index in [1.807, 2.05) is 0 Å². The molecule has 0 aliphatic heterocycles. The summed E-state index contributed by atoms with van der Waals surface area (Å²) in [6, 6.07) is 2.05. The van der Waals surface area contributed by atoms with Crippen LogP contribution in [0.5, 0.6) is 0 Å². The van der Waals surface area contributed by atoms with Crippen molar-refractivity contribution >= 4 is 11.2 Å². The smallest absolute Gasteiger partial charge is 0.325 e. The first-order valence-corrected chi connectivity index (χ1v) is 5.55. The van der Waals surface area contributed by atoms with Gasteiger partial charge in [-0.15, -0.1) is 0 Å². The summed E-state index contributed by atoms with van der Waals surface area (Å²) < 4.78 is 4.09. The van der Waals surface area contributed by atoms with Crippen molar-refractivity contribution in [2.45, 2.75) is 19.4 Å². The number of hydrogen-bond donors (Lipinski definition) is 0. The molecular formula is C11H13N5O2. The standard InChI is InChI=1S/C11H13N5O2/c1-14-9-8(10(17)15(2)11(14)18)16(7-13-9)6-4-3-5-12/h7H,3-4,6H2,1-2H3. The summed E-state index contributed by atoms with van der Waals surface area (Å²) >= 11 is 0. The fourth-order valence-corrected chi connectivity index (χ4v) is 1.89. The Morgan fingerprint density at radius 2 is 2.06 bits per heavy atom. The summed E-state index contributed by atoms with van der Waals surface area (Å²) in [6.07, 6.45) is 2.60. The van der Waals surface area contributed by atoms with Gasteiger partial charge in [0.15, 0.2) is 11.2 Å². The molecule has 0 saturated carbocycles. The Kier molecular flexibility index (Phi) is 3.02. The van der Waals surface area contributed by atoms with Crippen molar-refractivity contribution in [2.75, 3.05) is 0 Å². The zero-order valence-corrected chi connectivity index (χ0v) is 10.3. The number of rotatable bonds is 3. The van der Waals surface area contributed by atoms with Crippen LogP contribution in [0.1, 0.15) is 12.8 Å².